The number of carbonyl (C=O) groups is 2. The highest BCUT2D eigenvalue weighted by molar-refractivity contribution is 6.18. The summed E-state index contributed by atoms with van der Waals surface area (Å²) in [4.78, 5) is 30.7. The van der Waals surface area contributed by atoms with Gasteiger partial charge in [-0.3, -0.25) is 4.79 Å². The van der Waals surface area contributed by atoms with Gasteiger partial charge in [0.15, 0.2) is 0 Å². The molecule has 0 unspecified atom stereocenters. The Labute approximate surface area is 163 Å². The molecular formula is C23H22N2O3. The Morgan fingerprint density at radius 3 is 2.64 bits per heavy atom. The topological polar surface area (TPSA) is 62.4 Å². The number of H-pyrrole nitrogens is 1. The quantitative estimate of drug-likeness (QED) is 0.703. The van der Waals surface area contributed by atoms with E-state index in [-0.39, 0.29) is 12.5 Å². The predicted octanol–water partition coefficient (Wildman–Crippen LogP) is 4.08. The van der Waals surface area contributed by atoms with Gasteiger partial charge >= 0.3 is 5.97 Å². The number of nitrogens with zero attached hydrogens (tertiary/aromatic N) is 1. The zero-order valence-corrected chi connectivity index (χ0v) is 16.0. The third kappa shape index (κ3) is 3.09. The van der Waals surface area contributed by atoms with Crippen molar-refractivity contribution in [3.8, 4) is 0 Å². The number of para-hydroxylation sites is 1. The lowest BCUT2D eigenvalue weighted by Gasteiger charge is -2.18. The van der Waals surface area contributed by atoms with Crippen LogP contribution in [0, 0.1) is 6.92 Å². The normalized spacial score (nSPS) is 13.6. The summed E-state index contributed by atoms with van der Waals surface area (Å²) in [6.07, 6.45) is 2.28. The predicted molar refractivity (Wildman–Crippen MR) is 109 cm³/mol. The van der Waals surface area contributed by atoms with E-state index < -0.39 is 5.97 Å². The van der Waals surface area contributed by atoms with Crippen molar-refractivity contribution in [3.05, 3.63) is 77.1 Å². The van der Waals surface area contributed by atoms with E-state index in [4.69, 9.17) is 4.74 Å². The van der Waals surface area contributed by atoms with Crippen LogP contribution in [0.25, 0.3) is 16.5 Å². The molecule has 0 aliphatic carbocycles. The average Bonchev–Trinajstić information content (AvgIpc) is 2.97. The first-order valence-corrected chi connectivity index (χ1v) is 9.45. The van der Waals surface area contributed by atoms with E-state index in [0.29, 0.717) is 24.1 Å². The molecule has 142 valence electrons. The number of rotatable bonds is 3. The highest BCUT2D eigenvalue weighted by Gasteiger charge is 2.27. The van der Waals surface area contributed by atoms with Gasteiger partial charge in [-0.1, -0.05) is 36.4 Å². The van der Waals surface area contributed by atoms with Crippen molar-refractivity contribution in [3.63, 3.8) is 0 Å². The fourth-order valence-corrected chi connectivity index (χ4v) is 3.70. The number of aryl methyl sites for hydroxylation is 1. The Kier molecular flexibility index (Phi) is 4.74. The van der Waals surface area contributed by atoms with Crippen LogP contribution in [0.2, 0.25) is 0 Å². The Bertz CT molecular complexity index is 1080. The molecule has 1 N–H and O–H groups in total. The van der Waals surface area contributed by atoms with E-state index in [1.54, 1.807) is 30.2 Å². The molecule has 2 aromatic carbocycles. The molecule has 1 amide bonds. The average molecular weight is 374 g/mol. The molecular weight excluding hydrogens is 352 g/mol. The second-order valence-corrected chi connectivity index (χ2v) is 6.85. The molecule has 5 nitrogen and oxygen atoms in total. The molecule has 4 rings (SSSR count). The van der Waals surface area contributed by atoms with E-state index in [0.717, 1.165) is 27.7 Å². The lowest BCUT2D eigenvalue weighted by molar-refractivity contribution is -0.136. The summed E-state index contributed by atoms with van der Waals surface area (Å²) in [6.45, 7) is 4.58. The maximum absolute atomic E-state index is 13.0. The van der Waals surface area contributed by atoms with Gasteiger partial charge in [-0.15, -0.1) is 0 Å². The molecule has 2 heterocycles. The molecule has 1 aliphatic heterocycles. The summed E-state index contributed by atoms with van der Waals surface area (Å²) in [7, 11) is 0. The summed E-state index contributed by atoms with van der Waals surface area (Å²) in [5, 5.41) is 1.08. The third-order valence-electron chi connectivity index (χ3n) is 5.08. The summed E-state index contributed by atoms with van der Waals surface area (Å²) in [5.74, 6) is -0.561. The number of aromatic nitrogens is 1. The number of amides is 1. The number of benzene rings is 2. The molecule has 3 aromatic rings. The van der Waals surface area contributed by atoms with E-state index in [9.17, 15) is 9.59 Å². The zero-order valence-electron chi connectivity index (χ0n) is 16.0. The van der Waals surface area contributed by atoms with Crippen molar-refractivity contribution in [2.75, 3.05) is 13.2 Å². The minimum atomic E-state index is -0.430. The highest BCUT2D eigenvalue weighted by atomic mass is 16.5. The van der Waals surface area contributed by atoms with Crippen molar-refractivity contribution in [2.45, 2.75) is 20.3 Å². The van der Waals surface area contributed by atoms with Gasteiger partial charge in [-0.05, 0) is 43.5 Å². The Hall–Kier alpha value is -3.34. The number of hydrogen-bond donors (Lipinski definition) is 1. The molecule has 0 radical (unpaired) electrons. The summed E-state index contributed by atoms with van der Waals surface area (Å²) < 4.78 is 5.29. The lowest BCUT2D eigenvalue weighted by atomic mass is 10.0. The van der Waals surface area contributed by atoms with Gasteiger partial charge in [0.2, 0.25) is 0 Å². The number of ether oxygens (including phenoxy) is 1. The molecule has 0 spiro atoms. The molecule has 1 aromatic heterocycles. The molecule has 0 atom stereocenters. The largest absolute Gasteiger partial charge is 0.462 e. The van der Waals surface area contributed by atoms with E-state index in [2.05, 4.69) is 11.1 Å². The van der Waals surface area contributed by atoms with E-state index in [1.807, 2.05) is 37.3 Å². The number of carbonyl (C=O) groups excluding carboxylic acids is 2. The SMILES string of the molecule is CCOC(=O)C1=CN(C(=O)c2ccccc2)CCc2c1[nH]c1c(C)cccc21. The van der Waals surface area contributed by atoms with Crippen molar-refractivity contribution >= 4 is 28.4 Å². The van der Waals surface area contributed by atoms with Gasteiger partial charge in [-0.25, -0.2) is 4.79 Å². The molecule has 0 bridgehead atoms. The van der Waals surface area contributed by atoms with Crippen LogP contribution in [-0.4, -0.2) is 34.9 Å². The van der Waals surface area contributed by atoms with Crippen molar-refractivity contribution in [1.82, 2.24) is 9.88 Å². The maximum Gasteiger partial charge on any atom is 0.341 e. The van der Waals surface area contributed by atoms with Crippen LogP contribution in [0.1, 0.15) is 34.1 Å². The first-order chi connectivity index (χ1) is 13.6. The number of aromatic amines is 1. The fourth-order valence-electron chi connectivity index (χ4n) is 3.70. The molecule has 5 heteroatoms. The second kappa shape index (κ2) is 7.35. The first kappa shape index (κ1) is 18.0. The molecule has 0 saturated heterocycles. The minimum Gasteiger partial charge on any atom is -0.462 e. The number of nitrogens with one attached hydrogen (secondary N) is 1. The number of esters is 1. The van der Waals surface area contributed by atoms with Crippen LogP contribution in [-0.2, 0) is 16.0 Å². The standard InChI is InChI=1S/C23H22N2O3/c1-3-28-23(27)19-14-25(22(26)16-9-5-4-6-10-16)13-12-18-17-11-7-8-15(2)20(17)24-21(18)19/h4-11,14,24H,3,12-13H2,1-2H3. The minimum absolute atomic E-state index is 0.131. The van der Waals surface area contributed by atoms with Crippen molar-refractivity contribution in [1.29, 1.82) is 0 Å². The molecule has 28 heavy (non-hydrogen) atoms. The molecule has 1 aliphatic rings. The lowest BCUT2D eigenvalue weighted by Crippen LogP contribution is -2.28. The maximum atomic E-state index is 13.0. The van der Waals surface area contributed by atoms with Crippen LogP contribution in [0.4, 0.5) is 0 Å². The Morgan fingerprint density at radius 1 is 1.11 bits per heavy atom. The molecule has 0 fully saturated rings. The van der Waals surface area contributed by atoms with Crippen molar-refractivity contribution < 1.29 is 14.3 Å². The van der Waals surface area contributed by atoms with E-state index >= 15 is 0 Å². The van der Waals surface area contributed by atoms with Gasteiger partial charge < -0.3 is 14.6 Å². The second-order valence-electron chi connectivity index (χ2n) is 6.85. The van der Waals surface area contributed by atoms with Gasteiger partial charge in [0.1, 0.15) is 0 Å². The third-order valence-corrected chi connectivity index (χ3v) is 5.08. The Balaban J connectivity index is 1.83. The van der Waals surface area contributed by atoms with Crippen LogP contribution in [0.5, 0.6) is 0 Å². The van der Waals surface area contributed by atoms with Crippen LogP contribution >= 0.6 is 0 Å². The Morgan fingerprint density at radius 2 is 1.89 bits per heavy atom. The zero-order chi connectivity index (χ0) is 19.7. The van der Waals surface area contributed by atoms with Crippen LogP contribution < -0.4 is 0 Å². The number of fused-ring (bicyclic) bond motifs is 3. The fraction of sp³-hybridized carbons (Fsp3) is 0.217. The van der Waals surface area contributed by atoms with Crippen molar-refractivity contribution in [2.24, 2.45) is 0 Å². The molecule has 0 saturated carbocycles. The smallest absolute Gasteiger partial charge is 0.341 e. The summed E-state index contributed by atoms with van der Waals surface area (Å²) in [5.41, 5.74) is 4.89. The number of hydrogen-bond acceptors (Lipinski definition) is 3. The van der Waals surface area contributed by atoms with Gasteiger partial charge in [0.05, 0.1) is 17.9 Å². The van der Waals surface area contributed by atoms with E-state index in [1.165, 1.54) is 0 Å². The van der Waals surface area contributed by atoms with Gasteiger partial charge in [0.25, 0.3) is 5.91 Å². The van der Waals surface area contributed by atoms with Gasteiger partial charge in [-0.2, -0.15) is 0 Å². The highest BCUT2D eigenvalue weighted by Crippen LogP contribution is 2.33. The summed E-state index contributed by atoms with van der Waals surface area (Å²) >= 11 is 0. The summed E-state index contributed by atoms with van der Waals surface area (Å²) in [6, 6.07) is 15.2. The van der Waals surface area contributed by atoms with Gasteiger partial charge in [0, 0.05) is 29.2 Å². The monoisotopic (exact) mass is 374 g/mol. The van der Waals surface area contributed by atoms with Crippen LogP contribution in [0.3, 0.4) is 0 Å². The first-order valence-electron chi connectivity index (χ1n) is 9.45. The van der Waals surface area contributed by atoms with Crippen LogP contribution in [0.15, 0.2) is 54.7 Å².